The van der Waals surface area contributed by atoms with Crippen LogP contribution in [0, 0.1) is 0 Å². The van der Waals surface area contributed by atoms with Gasteiger partial charge in [0.2, 0.25) is 21.8 Å². The molecule has 7 nitrogen and oxygen atoms in total. The number of carbonyl (C=O) groups excluding carboxylic acids is 2. The molecule has 3 N–H and O–H groups in total. The van der Waals surface area contributed by atoms with E-state index in [4.69, 9.17) is 11.6 Å². The smallest absolute Gasteiger partial charge is 0.229 e. The first-order chi connectivity index (χ1) is 13.1. The van der Waals surface area contributed by atoms with E-state index in [-0.39, 0.29) is 24.8 Å². The van der Waals surface area contributed by atoms with Crippen molar-refractivity contribution in [3.8, 4) is 0 Å². The zero-order valence-corrected chi connectivity index (χ0v) is 17.1. The Bertz CT molecular complexity index is 946. The Labute approximate surface area is 169 Å². The van der Waals surface area contributed by atoms with Crippen LogP contribution in [0.2, 0.25) is 5.02 Å². The van der Waals surface area contributed by atoms with Crippen molar-refractivity contribution in [2.75, 3.05) is 11.0 Å². The first kappa shape index (κ1) is 21.7. The van der Waals surface area contributed by atoms with Crippen LogP contribution in [0.25, 0.3) is 0 Å². The summed E-state index contributed by atoms with van der Waals surface area (Å²) in [6.07, 6.45) is 1.13. The normalized spacial score (nSPS) is 12.1. The highest BCUT2D eigenvalue weighted by atomic mass is 35.5. The molecule has 2 amide bonds. The lowest BCUT2D eigenvalue weighted by molar-refractivity contribution is -0.122. The lowest BCUT2D eigenvalue weighted by Crippen LogP contribution is -2.32. The van der Waals surface area contributed by atoms with Crippen LogP contribution in [-0.4, -0.2) is 26.5 Å². The van der Waals surface area contributed by atoms with Crippen molar-refractivity contribution in [1.29, 1.82) is 0 Å². The SMILES string of the molecule is CC(=O)N[C@H](CC(=O)NCc1cccc(NS(C)(=O)=O)c1)c1ccc(Cl)cc1. The molecule has 0 unspecified atom stereocenters. The summed E-state index contributed by atoms with van der Waals surface area (Å²) in [5.41, 5.74) is 1.94. The van der Waals surface area contributed by atoms with Crippen LogP contribution in [0.1, 0.15) is 30.5 Å². The molecule has 150 valence electrons. The Morgan fingerprint density at radius 3 is 2.39 bits per heavy atom. The monoisotopic (exact) mass is 423 g/mol. The van der Waals surface area contributed by atoms with E-state index in [1.165, 1.54) is 6.92 Å². The standard InChI is InChI=1S/C19H22ClN3O4S/c1-13(24)22-18(15-6-8-16(20)9-7-15)11-19(25)21-12-14-4-3-5-17(10-14)23-28(2,26)27/h3-10,18,23H,11-12H2,1-2H3,(H,21,25)(H,22,24)/t18-/m1/s1. The second-order valence-corrected chi connectivity index (χ2v) is 8.55. The third-order valence-corrected chi connectivity index (χ3v) is 4.62. The van der Waals surface area contributed by atoms with Gasteiger partial charge in [-0.2, -0.15) is 0 Å². The Morgan fingerprint density at radius 2 is 1.79 bits per heavy atom. The van der Waals surface area contributed by atoms with Crippen molar-refractivity contribution >= 4 is 39.1 Å². The molecule has 9 heteroatoms. The number of hydrogen-bond donors (Lipinski definition) is 3. The number of hydrogen-bond acceptors (Lipinski definition) is 4. The minimum absolute atomic E-state index is 0.0580. The molecule has 2 aromatic rings. The topological polar surface area (TPSA) is 104 Å². The number of halogens is 1. The van der Waals surface area contributed by atoms with Gasteiger partial charge in [-0.25, -0.2) is 8.42 Å². The van der Waals surface area contributed by atoms with Gasteiger partial charge in [0.15, 0.2) is 0 Å². The lowest BCUT2D eigenvalue weighted by Gasteiger charge is -2.18. The van der Waals surface area contributed by atoms with Gasteiger partial charge in [-0.05, 0) is 35.4 Å². The van der Waals surface area contributed by atoms with E-state index in [1.807, 2.05) is 0 Å². The molecule has 0 aliphatic carbocycles. The number of benzene rings is 2. The van der Waals surface area contributed by atoms with Gasteiger partial charge in [0.1, 0.15) is 0 Å². The fourth-order valence-electron chi connectivity index (χ4n) is 2.61. The molecule has 0 bridgehead atoms. The minimum atomic E-state index is -3.37. The molecule has 0 saturated heterocycles. The third-order valence-electron chi connectivity index (χ3n) is 3.76. The van der Waals surface area contributed by atoms with Gasteiger partial charge in [0.05, 0.1) is 18.7 Å². The van der Waals surface area contributed by atoms with Crippen LogP contribution in [0.3, 0.4) is 0 Å². The zero-order chi connectivity index (χ0) is 20.7. The summed E-state index contributed by atoms with van der Waals surface area (Å²) in [5, 5.41) is 6.11. The molecule has 0 aromatic heterocycles. The van der Waals surface area contributed by atoms with Crippen molar-refractivity contribution in [2.24, 2.45) is 0 Å². The molecule has 1 atom stereocenters. The van der Waals surface area contributed by atoms with Crippen LogP contribution in [0.5, 0.6) is 0 Å². The second kappa shape index (κ2) is 9.57. The Kier molecular flexibility index (Phi) is 7.42. The number of nitrogens with one attached hydrogen (secondary N) is 3. The summed E-state index contributed by atoms with van der Waals surface area (Å²) in [6.45, 7) is 1.62. The van der Waals surface area contributed by atoms with Gasteiger partial charge in [-0.15, -0.1) is 0 Å². The summed E-state index contributed by atoms with van der Waals surface area (Å²) in [6, 6.07) is 13.2. The van der Waals surface area contributed by atoms with Gasteiger partial charge >= 0.3 is 0 Å². The van der Waals surface area contributed by atoms with Crippen LogP contribution in [0.4, 0.5) is 5.69 Å². The third kappa shape index (κ3) is 7.58. The van der Waals surface area contributed by atoms with Crippen molar-refractivity contribution < 1.29 is 18.0 Å². The largest absolute Gasteiger partial charge is 0.352 e. The molecule has 0 heterocycles. The van der Waals surface area contributed by atoms with Gasteiger partial charge in [-0.1, -0.05) is 35.9 Å². The molecule has 0 spiro atoms. The molecule has 2 aromatic carbocycles. The Hall–Kier alpha value is -2.58. The first-order valence-electron chi connectivity index (χ1n) is 8.48. The van der Waals surface area contributed by atoms with E-state index in [9.17, 15) is 18.0 Å². The fourth-order valence-corrected chi connectivity index (χ4v) is 3.29. The summed E-state index contributed by atoms with van der Waals surface area (Å²) in [5.74, 6) is -0.498. The average Bonchev–Trinajstić information content (AvgIpc) is 2.58. The molecular weight excluding hydrogens is 402 g/mol. The van der Waals surface area contributed by atoms with Crippen LogP contribution < -0.4 is 15.4 Å². The van der Waals surface area contributed by atoms with E-state index in [0.717, 1.165) is 17.4 Å². The maximum atomic E-state index is 12.4. The van der Waals surface area contributed by atoms with Gasteiger partial charge in [0.25, 0.3) is 0 Å². The zero-order valence-electron chi connectivity index (χ0n) is 15.5. The molecule has 0 aliphatic heterocycles. The molecule has 2 rings (SSSR count). The maximum absolute atomic E-state index is 12.4. The molecule has 0 aliphatic rings. The predicted molar refractivity (Wildman–Crippen MR) is 109 cm³/mol. The number of carbonyl (C=O) groups is 2. The summed E-state index contributed by atoms with van der Waals surface area (Å²) in [7, 11) is -3.37. The minimum Gasteiger partial charge on any atom is -0.352 e. The summed E-state index contributed by atoms with van der Waals surface area (Å²) in [4.78, 5) is 23.8. The van der Waals surface area contributed by atoms with Gasteiger partial charge < -0.3 is 10.6 Å². The fraction of sp³-hybridized carbons (Fsp3) is 0.263. The summed E-state index contributed by atoms with van der Waals surface area (Å²) < 4.78 is 25.0. The van der Waals surface area contributed by atoms with Crippen molar-refractivity contribution in [3.63, 3.8) is 0 Å². The van der Waals surface area contributed by atoms with E-state index in [0.29, 0.717) is 10.7 Å². The first-order valence-corrected chi connectivity index (χ1v) is 10.8. The van der Waals surface area contributed by atoms with Gasteiger partial charge in [-0.3, -0.25) is 14.3 Å². The Balaban J connectivity index is 2.00. The number of rotatable bonds is 8. The molecule has 0 radical (unpaired) electrons. The maximum Gasteiger partial charge on any atom is 0.229 e. The van der Waals surface area contributed by atoms with E-state index >= 15 is 0 Å². The molecular formula is C19H22ClN3O4S. The van der Waals surface area contributed by atoms with E-state index in [2.05, 4.69) is 15.4 Å². The highest BCUT2D eigenvalue weighted by Crippen LogP contribution is 2.20. The van der Waals surface area contributed by atoms with E-state index in [1.54, 1.807) is 48.5 Å². The molecule has 0 fully saturated rings. The predicted octanol–water partition coefficient (Wildman–Crippen LogP) is 2.60. The van der Waals surface area contributed by atoms with Crippen LogP contribution in [-0.2, 0) is 26.2 Å². The molecule has 0 saturated carbocycles. The van der Waals surface area contributed by atoms with Gasteiger partial charge in [0, 0.05) is 24.2 Å². The molecule has 28 heavy (non-hydrogen) atoms. The number of sulfonamides is 1. The highest BCUT2D eigenvalue weighted by Gasteiger charge is 2.17. The van der Waals surface area contributed by atoms with Crippen molar-refractivity contribution in [2.45, 2.75) is 25.9 Å². The number of amides is 2. The quantitative estimate of drug-likeness (QED) is 0.606. The van der Waals surface area contributed by atoms with Crippen molar-refractivity contribution in [1.82, 2.24) is 10.6 Å². The average molecular weight is 424 g/mol. The Morgan fingerprint density at radius 1 is 1.11 bits per heavy atom. The van der Waals surface area contributed by atoms with Crippen molar-refractivity contribution in [3.05, 3.63) is 64.7 Å². The highest BCUT2D eigenvalue weighted by molar-refractivity contribution is 7.92. The van der Waals surface area contributed by atoms with Crippen LogP contribution >= 0.6 is 11.6 Å². The number of anilines is 1. The van der Waals surface area contributed by atoms with E-state index < -0.39 is 16.1 Å². The second-order valence-electron chi connectivity index (χ2n) is 6.36. The summed E-state index contributed by atoms with van der Waals surface area (Å²) >= 11 is 5.89. The lowest BCUT2D eigenvalue weighted by atomic mass is 10.0. The van der Waals surface area contributed by atoms with Crippen LogP contribution in [0.15, 0.2) is 48.5 Å².